The first-order valence-corrected chi connectivity index (χ1v) is 6.91. The summed E-state index contributed by atoms with van der Waals surface area (Å²) in [4.78, 5) is 15.7. The minimum absolute atomic E-state index is 0.0696. The Bertz CT molecular complexity index is 778. The van der Waals surface area contributed by atoms with Crippen LogP contribution in [0, 0.1) is 0 Å². The first kappa shape index (κ1) is 13.4. The summed E-state index contributed by atoms with van der Waals surface area (Å²) in [6, 6.07) is 17.5. The molecule has 0 aliphatic heterocycles. The highest BCUT2D eigenvalue weighted by atomic mass is 16.4. The van der Waals surface area contributed by atoms with Gasteiger partial charge in [0.15, 0.2) is 0 Å². The van der Waals surface area contributed by atoms with Crippen molar-refractivity contribution in [1.29, 1.82) is 0 Å². The fraction of sp³-hybridized carbons (Fsp3) is 0.176. The summed E-state index contributed by atoms with van der Waals surface area (Å²) >= 11 is 0. The Morgan fingerprint density at radius 1 is 1.14 bits per heavy atom. The van der Waals surface area contributed by atoms with E-state index in [-0.39, 0.29) is 12.5 Å². The quantitative estimate of drug-likeness (QED) is 0.792. The molecule has 106 valence electrons. The van der Waals surface area contributed by atoms with E-state index in [1.807, 2.05) is 66.1 Å². The van der Waals surface area contributed by atoms with Gasteiger partial charge in [0.25, 0.3) is 0 Å². The van der Waals surface area contributed by atoms with E-state index in [1.165, 1.54) is 0 Å². The van der Waals surface area contributed by atoms with Crippen molar-refractivity contribution in [2.24, 2.45) is 0 Å². The zero-order valence-corrected chi connectivity index (χ0v) is 11.7. The van der Waals surface area contributed by atoms with Gasteiger partial charge in [-0.25, -0.2) is 4.98 Å². The van der Waals surface area contributed by atoms with Gasteiger partial charge in [-0.15, -0.1) is 0 Å². The third kappa shape index (κ3) is 2.52. The molecule has 21 heavy (non-hydrogen) atoms. The molecule has 0 spiro atoms. The molecule has 0 amide bonds. The third-order valence-electron chi connectivity index (χ3n) is 3.54. The molecule has 0 bridgehead atoms. The van der Waals surface area contributed by atoms with Crippen molar-refractivity contribution in [2.45, 2.75) is 19.4 Å². The van der Waals surface area contributed by atoms with Crippen LogP contribution in [0.25, 0.3) is 22.4 Å². The number of carbonyl (C=O) groups is 1. The van der Waals surface area contributed by atoms with Crippen LogP contribution in [-0.2, 0) is 4.79 Å². The first-order chi connectivity index (χ1) is 10.2. The second kappa shape index (κ2) is 5.40. The predicted octanol–water partition coefficient (Wildman–Crippen LogP) is 3.74. The SMILES string of the molecule is CC(CC(=O)O)n1c(-c2ccccc2)nc2ccccc21. The van der Waals surface area contributed by atoms with E-state index in [1.54, 1.807) is 0 Å². The molecule has 3 rings (SSSR count). The molecule has 2 aromatic carbocycles. The third-order valence-corrected chi connectivity index (χ3v) is 3.54. The zero-order valence-electron chi connectivity index (χ0n) is 11.7. The molecular formula is C17H16N2O2. The molecule has 1 aromatic heterocycles. The van der Waals surface area contributed by atoms with Crippen LogP contribution >= 0.6 is 0 Å². The Kier molecular flexibility index (Phi) is 3.44. The number of benzene rings is 2. The first-order valence-electron chi connectivity index (χ1n) is 6.91. The van der Waals surface area contributed by atoms with E-state index >= 15 is 0 Å². The van der Waals surface area contributed by atoms with E-state index in [0.717, 1.165) is 22.4 Å². The van der Waals surface area contributed by atoms with Crippen molar-refractivity contribution >= 4 is 17.0 Å². The fourth-order valence-electron chi connectivity index (χ4n) is 2.63. The number of hydrogen-bond acceptors (Lipinski definition) is 2. The van der Waals surface area contributed by atoms with Crippen LogP contribution in [0.4, 0.5) is 0 Å². The van der Waals surface area contributed by atoms with Crippen LogP contribution in [0.5, 0.6) is 0 Å². The van der Waals surface area contributed by atoms with E-state index in [2.05, 4.69) is 4.98 Å². The van der Waals surface area contributed by atoms with Gasteiger partial charge in [-0.2, -0.15) is 0 Å². The van der Waals surface area contributed by atoms with Crippen LogP contribution in [0.1, 0.15) is 19.4 Å². The maximum atomic E-state index is 11.1. The van der Waals surface area contributed by atoms with Gasteiger partial charge in [-0.1, -0.05) is 42.5 Å². The Labute approximate surface area is 122 Å². The van der Waals surface area contributed by atoms with Gasteiger partial charge in [-0.3, -0.25) is 4.79 Å². The number of aliphatic carboxylic acids is 1. The molecule has 0 saturated carbocycles. The average molecular weight is 280 g/mol. The molecule has 1 atom stereocenters. The summed E-state index contributed by atoms with van der Waals surface area (Å²) in [5.74, 6) is 0.00448. The van der Waals surface area contributed by atoms with Crippen LogP contribution in [0.3, 0.4) is 0 Å². The number of nitrogens with zero attached hydrogens (tertiary/aromatic N) is 2. The molecular weight excluding hydrogens is 264 g/mol. The maximum absolute atomic E-state index is 11.1. The number of imidazole rings is 1. The molecule has 4 heteroatoms. The van der Waals surface area contributed by atoms with Gasteiger partial charge in [0.05, 0.1) is 17.5 Å². The average Bonchev–Trinajstić information content (AvgIpc) is 2.87. The van der Waals surface area contributed by atoms with E-state index < -0.39 is 5.97 Å². The Hall–Kier alpha value is -2.62. The molecule has 0 aliphatic carbocycles. The van der Waals surface area contributed by atoms with Crippen molar-refractivity contribution in [3.8, 4) is 11.4 Å². The van der Waals surface area contributed by atoms with Crippen molar-refractivity contribution in [1.82, 2.24) is 9.55 Å². The van der Waals surface area contributed by atoms with Gasteiger partial charge < -0.3 is 9.67 Å². The van der Waals surface area contributed by atoms with E-state index in [4.69, 9.17) is 5.11 Å². The van der Waals surface area contributed by atoms with Crippen LogP contribution < -0.4 is 0 Å². The van der Waals surface area contributed by atoms with Gasteiger partial charge >= 0.3 is 5.97 Å². The lowest BCUT2D eigenvalue weighted by atomic mass is 10.1. The van der Waals surface area contributed by atoms with Gasteiger partial charge in [0.2, 0.25) is 0 Å². The summed E-state index contributed by atoms with van der Waals surface area (Å²) in [6.07, 6.45) is 0.0696. The second-order valence-electron chi connectivity index (χ2n) is 5.11. The number of fused-ring (bicyclic) bond motifs is 1. The molecule has 1 N–H and O–H groups in total. The standard InChI is InChI=1S/C17H16N2O2/c1-12(11-16(20)21)19-15-10-6-5-9-14(15)18-17(19)13-7-3-2-4-8-13/h2-10,12H,11H2,1H3,(H,20,21). The topological polar surface area (TPSA) is 55.1 Å². The number of carboxylic acids is 1. The highest BCUT2D eigenvalue weighted by molar-refractivity contribution is 5.81. The monoisotopic (exact) mass is 280 g/mol. The van der Waals surface area contributed by atoms with Crippen molar-refractivity contribution < 1.29 is 9.90 Å². The number of para-hydroxylation sites is 2. The molecule has 1 heterocycles. The van der Waals surface area contributed by atoms with Gasteiger partial charge in [0.1, 0.15) is 5.82 Å². The Balaban J connectivity index is 2.21. The lowest BCUT2D eigenvalue weighted by Crippen LogP contribution is -2.11. The summed E-state index contributed by atoms with van der Waals surface area (Å²) in [5.41, 5.74) is 2.84. The smallest absolute Gasteiger partial charge is 0.305 e. The number of carboxylic acid groups (broad SMARTS) is 1. The van der Waals surface area contributed by atoms with E-state index in [0.29, 0.717) is 0 Å². The molecule has 0 radical (unpaired) electrons. The zero-order chi connectivity index (χ0) is 14.8. The molecule has 1 unspecified atom stereocenters. The number of rotatable bonds is 4. The fourth-order valence-corrected chi connectivity index (χ4v) is 2.63. The number of aromatic nitrogens is 2. The largest absolute Gasteiger partial charge is 0.481 e. The highest BCUT2D eigenvalue weighted by Crippen LogP contribution is 2.29. The summed E-state index contributed by atoms with van der Waals surface area (Å²) < 4.78 is 2.01. The Morgan fingerprint density at radius 3 is 2.52 bits per heavy atom. The van der Waals surface area contributed by atoms with Crippen molar-refractivity contribution in [3.05, 3.63) is 54.6 Å². The second-order valence-corrected chi connectivity index (χ2v) is 5.11. The van der Waals surface area contributed by atoms with Crippen molar-refractivity contribution in [3.63, 3.8) is 0 Å². The molecule has 4 nitrogen and oxygen atoms in total. The van der Waals surface area contributed by atoms with Crippen LogP contribution in [0.15, 0.2) is 54.6 Å². The van der Waals surface area contributed by atoms with E-state index in [9.17, 15) is 4.79 Å². The van der Waals surface area contributed by atoms with Gasteiger partial charge in [0, 0.05) is 11.6 Å². The lowest BCUT2D eigenvalue weighted by molar-refractivity contribution is -0.137. The maximum Gasteiger partial charge on any atom is 0.305 e. The molecule has 0 saturated heterocycles. The van der Waals surface area contributed by atoms with Gasteiger partial charge in [-0.05, 0) is 19.1 Å². The molecule has 0 fully saturated rings. The molecule has 0 aliphatic rings. The lowest BCUT2D eigenvalue weighted by Gasteiger charge is -2.16. The van der Waals surface area contributed by atoms with Crippen molar-refractivity contribution in [2.75, 3.05) is 0 Å². The minimum atomic E-state index is -0.806. The summed E-state index contributed by atoms with van der Waals surface area (Å²) in [5, 5.41) is 9.08. The predicted molar refractivity (Wildman–Crippen MR) is 82.1 cm³/mol. The summed E-state index contributed by atoms with van der Waals surface area (Å²) in [7, 11) is 0. The normalized spacial score (nSPS) is 12.4. The van der Waals surface area contributed by atoms with Crippen LogP contribution in [0.2, 0.25) is 0 Å². The van der Waals surface area contributed by atoms with Crippen LogP contribution in [-0.4, -0.2) is 20.6 Å². The Morgan fingerprint density at radius 2 is 1.81 bits per heavy atom. The molecule has 3 aromatic rings. The highest BCUT2D eigenvalue weighted by Gasteiger charge is 2.18. The number of hydrogen-bond donors (Lipinski definition) is 1. The minimum Gasteiger partial charge on any atom is -0.481 e. The summed E-state index contributed by atoms with van der Waals surface area (Å²) in [6.45, 7) is 1.91.